The number of hydrogen-bond donors (Lipinski definition) is 2. The summed E-state index contributed by atoms with van der Waals surface area (Å²) in [5.41, 5.74) is 5.45. The summed E-state index contributed by atoms with van der Waals surface area (Å²) in [6.45, 7) is 13.1. The van der Waals surface area contributed by atoms with Crippen molar-refractivity contribution in [3.8, 4) is 0 Å². The van der Waals surface area contributed by atoms with Crippen LogP contribution in [0.4, 0.5) is 0 Å². The zero-order valence-electron chi connectivity index (χ0n) is 12.2. The minimum atomic E-state index is -0.542. The number of carbonyl (C=O) groups excluding carboxylic acids is 1. The lowest BCUT2D eigenvalue weighted by Gasteiger charge is -2.51. The number of nitrogens with one attached hydrogen (secondary N) is 1. The molecule has 3 N–H and O–H groups in total. The van der Waals surface area contributed by atoms with Gasteiger partial charge in [-0.3, -0.25) is 4.79 Å². The molecule has 0 spiro atoms. The highest BCUT2D eigenvalue weighted by Crippen LogP contribution is 2.50. The van der Waals surface area contributed by atoms with Gasteiger partial charge in [-0.15, -0.1) is 0 Å². The van der Waals surface area contributed by atoms with Crippen LogP contribution in [0.2, 0.25) is 0 Å². The quantitative estimate of drug-likeness (QED) is 0.796. The van der Waals surface area contributed by atoms with Crippen molar-refractivity contribution in [2.45, 2.75) is 72.4 Å². The fraction of sp³-hybridized carbons (Fsp3) is 0.929. The molecule has 0 atom stereocenters. The van der Waals surface area contributed by atoms with Crippen molar-refractivity contribution < 1.29 is 4.79 Å². The molecular weight excluding hydrogens is 212 g/mol. The average molecular weight is 240 g/mol. The van der Waals surface area contributed by atoms with Crippen molar-refractivity contribution in [2.75, 3.05) is 0 Å². The van der Waals surface area contributed by atoms with Crippen molar-refractivity contribution >= 4 is 5.91 Å². The normalized spacial score (nSPS) is 25.8. The topological polar surface area (TPSA) is 55.1 Å². The summed E-state index contributed by atoms with van der Waals surface area (Å²) in [6.07, 6.45) is 2.79. The molecule has 0 bridgehead atoms. The maximum atomic E-state index is 11.9. The van der Waals surface area contributed by atoms with Gasteiger partial charge in [-0.05, 0) is 43.9 Å². The maximum Gasteiger partial charge on any atom is 0.237 e. The van der Waals surface area contributed by atoms with E-state index in [-0.39, 0.29) is 22.8 Å². The minimum absolute atomic E-state index is 0.151. The van der Waals surface area contributed by atoms with Gasteiger partial charge in [0.1, 0.15) is 0 Å². The van der Waals surface area contributed by atoms with E-state index in [9.17, 15) is 4.79 Å². The Labute approximate surface area is 106 Å². The number of amides is 1. The summed E-state index contributed by atoms with van der Waals surface area (Å²) in [5.74, 6) is -0.202. The Kier molecular flexibility index (Phi) is 3.64. The van der Waals surface area contributed by atoms with E-state index in [1.165, 1.54) is 0 Å². The van der Waals surface area contributed by atoms with E-state index in [1.807, 2.05) is 0 Å². The Morgan fingerprint density at radius 1 is 1.06 bits per heavy atom. The molecular formula is C14H28N2O. The van der Waals surface area contributed by atoms with Gasteiger partial charge in [0.15, 0.2) is 0 Å². The van der Waals surface area contributed by atoms with Gasteiger partial charge in [-0.1, -0.05) is 27.7 Å². The highest BCUT2D eigenvalue weighted by atomic mass is 16.1. The van der Waals surface area contributed by atoms with Crippen LogP contribution in [0.15, 0.2) is 0 Å². The van der Waals surface area contributed by atoms with Crippen LogP contribution in [0.3, 0.4) is 0 Å². The molecule has 1 aliphatic carbocycles. The Morgan fingerprint density at radius 3 is 1.76 bits per heavy atom. The summed E-state index contributed by atoms with van der Waals surface area (Å²) in [7, 11) is 0. The number of rotatable bonds is 3. The van der Waals surface area contributed by atoms with E-state index in [2.05, 4.69) is 46.9 Å². The van der Waals surface area contributed by atoms with Gasteiger partial charge in [0, 0.05) is 6.04 Å². The first kappa shape index (κ1) is 14.5. The van der Waals surface area contributed by atoms with Crippen molar-refractivity contribution in [1.82, 2.24) is 5.32 Å². The molecule has 1 saturated carbocycles. The van der Waals surface area contributed by atoms with Crippen molar-refractivity contribution in [3.05, 3.63) is 0 Å². The second-order valence-electron chi connectivity index (χ2n) is 7.60. The highest BCUT2D eigenvalue weighted by Gasteiger charge is 2.50. The zero-order chi connectivity index (χ0) is 13.5. The molecule has 1 aliphatic rings. The second-order valence-corrected chi connectivity index (χ2v) is 7.60. The molecule has 1 fully saturated rings. The van der Waals surface area contributed by atoms with Gasteiger partial charge >= 0.3 is 0 Å². The number of hydrogen-bond acceptors (Lipinski definition) is 2. The minimum Gasteiger partial charge on any atom is -0.368 e. The third-order valence-corrected chi connectivity index (χ3v) is 3.55. The van der Waals surface area contributed by atoms with Crippen LogP contribution in [0.5, 0.6) is 0 Å². The van der Waals surface area contributed by atoms with Crippen LogP contribution >= 0.6 is 0 Å². The predicted molar refractivity (Wildman–Crippen MR) is 71.6 cm³/mol. The monoisotopic (exact) mass is 240 g/mol. The van der Waals surface area contributed by atoms with Crippen LogP contribution in [-0.2, 0) is 4.79 Å². The molecule has 0 aliphatic heterocycles. The van der Waals surface area contributed by atoms with E-state index in [4.69, 9.17) is 5.73 Å². The largest absolute Gasteiger partial charge is 0.368 e. The number of primary amides is 1. The standard InChI is InChI=1S/C14H28N2O/c1-10(2)16-14(11(15)17)8-12(3,4)7-13(5,6)9-14/h10,16H,7-9H2,1-6H3,(H2,15,17). The van der Waals surface area contributed by atoms with Gasteiger partial charge < -0.3 is 11.1 Å². The van der Waals surface area contributed by atoms with E-state index < -0.39 is 5.54 Å². The molecule has 3 heteroatoms. The fourth-order valence-corrected chi connectivity index (χ4v) is 4.02. The van der Waals surface area contributed by atoms with Crippen molar-refractivity contribution in [1.29, 1.82) is 0 Å². The summed E-state index contributed by atoms with van der Waals surface area (Å²) in [4.78, 5) is 11.9. The predicted octanol–water partition coefficient (Wildman–Crippen LogP) is 2.44. The molecule has 0 aromatic rings. The molecule has 17 heavy (non-hydrogen) atoms. The lowest BCUT2D eigenvalue weighted by Crippen LogP contribution is -2.63. The van der Waals surface area contributed by atoms with Crippen LogP contribution in [0.25, 0.3) is 0 Å². The third kappa shape index (κ3) is 3.44. The molecule has 3 nitrogen and oxygen atoms in total. The molecule has 1 amide bonds. The van der Waals surface area contributed by atoms with E-state index in [1.54, 1.807) is 0 Å². The lowest BCUT2D eigenvalue weighted by atomic mass is 9.58. The molecule has 0 saturated heterocycles. The fourth-order valence-electron chi connectivity index (χ4n) is 4.02. The zero-order valence-corrected chi connectivity index (χ0v) is 12.2. The molecule has 1 rings (SSSR count). The summed E-state index contributed by atoms with van der Waals surface area (Å²) in [5, 5.41) is 3.43. The van der Waals surface area contributed by atoms with Crippen LogP contribution in [0.1, 0.15) is 60.8 Å². The van der Waals surface area contributed by atoms with Gasteiger partial charge in [0.2, 0.25) is 5.91 Å². The molecule has 0 aromatic heterocycles. The highest BCUT2D eigenvalue weighted by molar-refractivity contribution is 5.85. The maximum absolute atomic E-state index is 11.9. The Bertz CT molecular complexity index is 289. The molecule has 0 aromatic carbocycles. The summed E-state index contributed by atoms with van der Waals surface area (Å²) >= 11 is 0. The van der Waals surface area contributed by atoms with Crippen LogP contribution < -0.4 is 11.1 Å². The van der Waals surface area contributed by atoms with E-state index in [0.717, 1.165) is 19.3 Å². The first-order valence-corrected chi connectivity index (χ1v) is 6.56. The van der Waals surface area contributed by atoms with E-state index >= 15 is 0 Å². The molecule has 100 valence electrons. The molecule has 0 unspecified atom stereocenters. The molecule has 0 radical (unpaired) electrons. The lowest BCUT2D eigenvalue weighted by molar-refractivity contribution is -0.131. The smallest absolute Gasteiger partial charge is 0.237 e. The third-order valence-electron chi connectivity index (χ3n) is 3.55. The first-order chi connectivity index (χ1) is 7.48. The van der Waals surface area contributed by atoms with Crippen LogP contribution in [-0.4, -0.2) is 17.5 Å². The van der Waals surface area contributed by atoms with Gasteiger partial charge in [-0.25, -0.2) is 0 Å². The van der Waals surface area contributed by atoms with Gasteiger partial charge in [0.05, 0.1) is 5.54 Å². The Morgan fingerprint density at radius 2 is 1.47 bits per heavy atom. The molecule has 0 heterocycles. The summed E-state index contributed by atoms with van der Waals surface area (Å²) < 4.78 is 0. The second kappa shape index (κ2) is 4.27. The summed E-state index contributed by atoms with van der Waals surface area (Å²) in [6, 6.07) is 0.271. The Hall–Kier alpha value is -0.570. The van der Waals surface area contributed by atoms with Crippen molar-refractivity contribution in [3.63, 3.8) is 0 Å². The average Bonchev–Trinajstić information content (AvgIpc) is 1.94. The van der Waals surface area contributed by atoms with E-state index in [0.29, 0.717) is 0 Å². The number of carbonyl (C=O) groups is 1. The van der Waals surface area contributed by atoms with Crippen molar-refractivity contribution in [2.24, 2.45) is 16.6 Å². The van der Waals surface area contributed by atoms with Gasteiger partial charge in [-0.2, -0.15) is 0 Å². The van der Waals surface area contributed by atoms with Crippen LogP contribution in [0, 0.1) is 10.8 Å². The SMILES string of the molecule is CC(C)NC1(C(N)=O)CC(C)(C)CC(C)(C)C1. The number of nitrogens with two attached hydrogens (primary N) is 1. The first-order valence-electron chi connectivity index (χ1n) is 6.56. The van der Waals surface area contributed by atoms with Gasteiger partial charge in [0.25, 0.3) is 0 Å². The Balaban J connectivity index is 3.08.